The van der Waals surface area contributed by atoms with Crippen molar-refractivity contribution < 1.29 is 14.3 Å². The van der Waals surface area contributed by atoms with E-state index in [2.05, 4.69) is 31.4 Å². The van der Waals surface area contributed by atoms with Gasteiger partial charge >= 0.3 is 5.97 Å². The molecule has 0 spiro atoms. The normalized spacial score (nSPS) is 10.6. The zero-order chi connectivity index (χ0) is 16.4. The highest BCUT2D eigenvalue weighted by Gasteiger charge is 2.23. The summed E-state index contributed by atoms with van der Waals surface area (Å²) in [7, 11) is 3.36. The molecule has 1 N–H and O–H groups in total. The van der Waals surface area contributed by atoms with Crippen molar-refractivity contribution in [1.29, 1.82) is 0 Å². The summed E-state index contributed by atoms with van der Waals surface area (Å²) in [6.45, 7) is 3.79. The van der Waals surface area contributed by atoms with Crippen LogP contribution in [0.5, 0.6) is 0 Å². The van der Waals surface area contributed by atoms with Crippen LogP contribution in [0, 0.1) is 6.92 Å². The van der Waals surface area contributed by atoms with Gasteiger partial charge in [0.1, 0.15) is 11.4 Å². The number of halogens is 1. The van der Waals surface area contributed by atoms with Gasteiger partial charge in [-0.1, -0.05) is 0 Å². The Balaban J connectivity index is 2.31. The number of aryl methyl sites for hydroxylation is 2. The number of esters is 1. The Kier molecular flexibility index (Phi) is 4.65. The van der Waals surface area contributed by atoms with Gasteiger partial charge in [-0.3, -0.25) is 14.2 Å². The Bertz CT molecular complexity index is 734. The van der Waals surface area contributed by atoms with E-state index in [-0.39, 0.29) is 23.7 Å². The second kappa shape index (κ2) is 6.30. The summed E-state index contributed by atoms with van der Waals surface area (Å²) in [6, 6.07) is 0. The molecule has 0 saturated carbocycles. The summed E-state index contributed by atoms with van der Waals surface area (Å²) in [4.78, 5) is 24.2. The van der Waals surface area contributed by atoms with Crippen molar-refractivity contribution in [3.8, 4) is 0 Å². The van der Waals surface area contributed by atoms with Crippen molar-refractivity contribution in [2.24, 2.45) is 14.1 Å². The second-order valence-electron chi connectivity index (χ2n) is 4.58. The van der Waals surface area contributed by atoms with Crippen molar-refractivity contribution in [3.05, 3.63) is 27.6 Å². The quantitative estimate of drug-likeness (QED) is 0.827. The molecule has 8 nitrogen and oxygen atoms in total. The van der Waals surface area contributed by atoms with Gasteiger partial charge in [-0.15, -0.1) is 0 Å². The van der Waals surface area contributed by atoms with E-state index in [0.717, 1.165) is 5.69 Å². The van der Waals surface area contributed by atoms with E-state index >= 15 is 0 Å². The number of nitrogens with one attached hydrogen (secondary N) is 1. The third-order valence-corrected chi connectivity index (χ3v) is 4.09. The third kappa shape index (κ3) is 2.89. The van der Waals surface area contributed by atoms with E-state index in [9.17, 15) is 9.59 Å². The first-order chi connectivity index (χ1) is 10.4. The lowest BCUT2D eigenvalue weighted by Gasteiger charge is -2.07. The van der Waals surface area contributed by atoms with Gasteiger partial charge in [0.25, 0.3) is 5.91 Å². The van der Waals surface area contributed by atoms with Gasteiger partial charge in [0.2, 0.25) is 0 Å². The molecule has 118 valence electrons. The molecule has 0 aliphatic carbocycles. The monoisotopic (exact) mass is 369 g/mol. The lowest BCUT2D eigenvalue weighted by atomic mass is 10.3. The molecule has 0 aliphatic heterocycles. The van der Waals surface area contributed by atoms with Crippen LogP contribution in [-0.2, 0) is 18.8 Å². The Morgan fingerprint density at radius 3 is 2.59 bits per heavy atom. The molecule has 0 radical (unpaired) electrons. The highest BCUT2D eigenvalue weighted by molar-refractivity contribution is 9.10. The van der Waals surface area contributed by atoms with Crippen molar-refractivity contribution in [1.82, 2.24) is 19.6 Å². The third-order valence-electron chi connectivity index (χ3n) is 3.14. The minimum atomic E-state index is -0.540. The largest absolute Gasteiger partial charge is 0.462 e. The molecule has 0 aliphatic rings. The Labute approximate surface area is 135 Å². The van der Waals surface area contributed by atoms with Gasteiger partial charge < -0.3 is 10.1 Å². The number of hydrogen-bond acceptors (Lipinski definition) is 5. The molecular formula is C13H16BrN5O3. The first-order valence-electron chi connectivity index (χ1n) is 6.56. The summed E-state index contributed by atoms with van der Waals surface area (Å²) in [5.41, 5.74) is 1.25. The smallest absolute Gasteiger partial charge is 0.343 e. The van der Waals surface area contributed by atoms with Crippen LogP contribution >= 0.6 is 15.9 Å². The molecular weight excluding hydrogens is 354 g/mol. The second-order valence-corrected chi connectivity index (χ2v) is 5.37. The molecule has 9 heteroatoms. The van der Waals surface area contributed by atoms with E-state index in [1.165, 1.54) is 10.9 Å². The fraction of sp³-hybridized carbons (Fsp3) is 0.385. The van der Waals surface area contributed by atoms with Crippen LogP contribution in [0.4, 0.5) is 5.82 Å². The predicted molar refractivity (Wildman–Crippen MR) is 82.8 cm³/mol. The zero-order valence-electron chi connectivity index (χ0n) is 12.7. The molecule has 0 aromatic carbocycles. The molecule has 22 heavy (non-hydrogen) atoms. The van der Waals surface area contributed by atoms with Gasteiger partial charge in [0.05, 0.1) is 23.0 Å². The van der Waals surface area contributed by atoms with Crippen LogP contribution in [-0.4, -0.2) is 38.0 Å². The SMILES string of the molecule is CCOC(=O)c1cnn(C)c1NC(=O)c1nn(C)c(C)c1Br. The number of carbonyl (C=O) groups is 2. The van der Waals surface area contributed by atoms with Gasteiger partial charge in [-0.25, -0.2) is 4.79 Å². The maximum atomic E-state index is 12.4. The van der Waals surface area contributed by atoms with Crippen LogP contribution in [0.3, 0.4) is 0 Å². The standard InChI is InChI=1S/C13H16BrN5O3/c1-5-22-13(21)8-6-15-19(4)11(8)16-12(20)10-9(14)7(2)18(3)17-10/h6H,5H2,1-4H3,(H,16,20). The van der Waals surface area contributed by atoms with Crippen LogP contribution in [0.2, 0.25) is 0 Å². The molecule has 0 unspecified atom stereocenters. The van der Waals surface area contributed by atoms with Gasteiger partial charge in [-0.05, 0) is 29.8 Å². The van der Waals surface area contributed by atoms with Gasteiger partial charge in [0.15, 0.2) is 5.69 Å². The minimum Gasteiger partial charge on any atom is -0.462 e. The molecule has 2 aromatic heterocycles. The van der Waals surface area contributed by atoms with Crippen LogP contribution < -0.4 is 5.32 Å². The van der Waals surface area contributed by atoms with E-state index in [1.807, 2.05) is 6.92 Å². The highest BCUT2D eigenvalue weighted by atomic mass is 79.9. The maximum absolute atomic E-state index is 12.4. The zero-order valence-corrected chi connectivity index (χ0v) is 14.3. The topological polar surface area (TPSA) is 91.0 Å². The number of carbonyl (C=O) groups excluding carboxylic acids is 2. The predicted octanol–water partition coefficient (Wildman–Crippen LogP) is 1.65. The Morgan fingerprint density at radius 2 is 2.05 bits per heavy atom. The highest BCUT2D eigenvalue weighted by Crippen LogP contribution is 2.22. The molecule has 0 saturated heterocycles. The summed E-state index contributed by atoms with van der Waals surface area (Å²) in [6.07, 6.45) is 1.35. The molecule has 1 amide bonds. The van der Waals surface area contributed by atoms with Crippen LogP contribution in [0.25, 0.3) is 0 Å². The van der Waals surface area contributed by atoms with E-state index in [0.29, 0.717) is 4.47 Å². The Hall–Kier alpha value is -2.16. The number of hydrogen-bond donors (Lipinski definition) is 1. The summed E-state index contributed by atoms with van der Waals surface area (Å²) >= 11 is 3.34. The molecule has 2 aromatic rings. The van der Waals surface area contributed by atoms with E-state index in [4.69, 9.17) is 4.74 Å². The first kappa shape index (κ1) is 16.2. The number of nitrogens with zero attached hydrogens (tertiary/aromatic N) is 4. The first-order valence-corrected chi connectivity index (χ1v) is 7.35. The minimum absolute atomic E-state index is 0.196. The van der Waals surface area contributed by atoms with Gasteiger partial charge in [-0.2, -0.15) is 10.2 Å². The van der Waals surface area contributed by atoms with Crippen molar-refractivity contribution in [2.45, 2.75) is 13.8 Å². The summed E-state index contributed by atoms with van der Waals surface area (Å²) in [5, 5.41) is 10.8. The van der Waals surface area contributed by atoms with Crippen molar-refractivity contribution in [3.63, 3.8) is 0 Å². The average Bonchev–Trinajstić information content (AvgIpc) is 2.95. The van der Waals surface area contributed by atoms with Crippen molar-refractivity contribution in [2.75, 3.05) is 11.9 Å². The number of amides is 1. The summed E-state index contributed by atoms with van der Waals surface area (Å²) in [5.74, 6) is -0.717. The van der Waals surface area contributed by atoms with E-state index in [1.54, 1.807) is 25.7 Å². The number of ether oxygens (including phenoxy) is 1. The van der Waals surface area contributed by atoms with Crippen molar-refractivity contribution >= 4 is 33.6 Å². The fourth-order valence-electron chi connectivity index (χ4n) is 1.84. The molecule has 0 atom stereocenters. The number of aromatic nitrogens is 4. The fourth-order valence-corrected chi connectivity index (χ4v) is 2.35. The molecule has 0 bridgehead atoms. The molecule has 2 heterocycles. The molecule has 0 fully saturated rings. The van der Waals surface area contributed by atoms with Gasteiger partial charge in [0, 0.05) is 14.1 Å². The Morgan fingerprint density at radius 1 is 1.36 bits per heavy atom. The molecule has 2 rings (SSSR count). The lowest BCUT2D eigenvalue weighted by Crippen LogP contribution is -2.18. The number of anilines is 1. The van der Waals surface area contributed by atoms with Crippen LogP contribution in [0.15, 0.2) is 10.7 Å². The average molecular weight is 370 g/mol. The van der Waals surface area contributed by atoms with E-state index < -0.39 is 11.9 Å². The number of rotatable bonds is 4. The summed E-state index contributed by atoms with van der Waals surface area (Å²) < 4.78 is 8.54. The lowest BCUT2D eigenvalue weighted by molar-refractivity contribution is 0.0527. The maximum Gasteiger partial charge on any atom is 0.343 e. The van der Waals surface area contributed by atoms with Crippen LogP contribution in [0.1, 0.15) is 33.5 Å².